The molecule has 1 aliphatic heterocycles. The summed E-state index contributed by atoms with van der Waals surface area (Å²) in [6.45, 7) is 2.18. The molecule has 0 aromatic heterocycles. The van der Waals surface area contributed by atoms with E-state index in [1.54, 1.807) is 0 Å². The van der Waals surface area contributed by atoms with Gasteiger partial charge in [-0.3, -0.25) is 4.90 Å². The molecule has 0 amide bonds. The highest BCUT2D eigenvalue weighted by atomic mass is 79.9. The fraction of sp³-hybridized carbons (Fsp3) is 0.455. The van der Waals surface area contributed by atoms with Crippen molar-refractivity contribution in [2.24, 2.45) is 0 Å². The molecular formula is C11H12BrClFN. The van der Waals surface area contributed by atoms with Gasteiger partial charge in [0.05, 0.1) is 0 Å². The van der Waals surface area contributed by atoms with Crippen LogP contribution in [0.15, 0.2) is 22.7 Å². The van der Waals surface area contributed by atoms with E-state index in [1.165, 1.54) is 0 Å². The van der Waals surface area contributed by atoms with E-state index in [0.29, 0.717) is 13.0 Å². The maximum Gasteiger partial charge on any atom is 0.114 e. The summed E-state index contributed by atoms with van der Waals surface area (Å²) in [5, 5.41) is 0.718. The molecule has 1 aliphatic rings. The van der Waals surface area contributed by atoms with Crippen LogP contribution < -0.4 is 0 Å². The van der Waals surface area contributed by atoms with Gasteiger partial charge in [-0.05, 0) is 24.1 Å². The number of likely N-dealkylation sites (tertiary alicyclic amines) is 1. The fourth-order valence-electron chi connectivity index (χ4n) is 1.82. The van der Waals surface area contributed by atoms with Gasteiger partial charge in [-0.25, -0.2) is 4.39 Å². The van der Waals surface area contributed by atoms with Gasteiger partial charge in [0.15, 0.2) is 0 Å². The summed E-state index contributed by atoms with van der Waals surface area (Å²) in [5.74, 6) is 0. The fourth-order valence-corrected chi connectivity index (χ4v) is 2.63. The molecule has 1 saturated heterocycles. The summed E-state index contributed by atoms with van der Waals surface area (Å²) in [5.41, 5.74) is 1.16. The second-order valence-electron chi connectivity index (χ2n) is 3.86. The molecular weight excluding hydrogens is 280 g/mol. The van der Waals surface area contributed by atoms with Gasteiger partial charge in [0.2, 0.25) is 0 Å². The third-order valence-corrected chi connectivity index (χ3v) is 3.60. The topological polar surface area (TPSA) is 3.24 Å². The van der Waals surface area contributed by atoms with Crippen LogP contribution in [0.1, 0.15) is 12.0 Å². The molecule has 1 atom stereocenters. The molecule has 2 rings (SSSR count). The van der Waals surface area contributed by atoms with Crippen molar-refractivity contribution in [1.29, 1.82) is 0 Å². The van der Waals surface area contributed by atoms with Crippen LogP contribution in [-0.4, -0.2) is 24.2 Å². The summed E-state index contributed by atoms with van der Waals surface area (Å²) < 4.78 is 14.0. The lowest BCUT2D eigenvalue weighted by Crippen LogP contribution is -2.20. The molecule has 4 heteroatoms. The summed E-state index contributed by atoms with van der Waals surface area (Å²) >= 11 is 9.32. The standard InChI is InChI=1S/C11H12BrClFN/c12-11-5-9(13)2-1-8(11)6-15-4-3-10(14)7-15/h1-2,5,10H,3-4,6-7H2/t10-/m0/s1. The van der Waals surface area contributed by atoms with Crippen molar-refractivity contribution in [1.82, 2.24) is 4.90 Å². The van der Waals surface area contributed by atoms with Crippen LogP contribution in [0.4, 0.5) is 4.39 Å². The predicted molar refractivity (Wildman–Crippen MR) is 63.9 cm³/mol. The van der Waals surface area contributed by atoms with E-state index in [1.807, 2.05) is 18.2 Å². The molecule has 0 N–H and O–H groups in total. The zero-order valence-corrected chi connectivity index (χ0v) is 10.6. The predicted octanol–water partition coefficient (Wildman–Crippen LogP) is 3.65. The number of hydrogen-bond acceptors (Lipinski definition) is 1. The number of hydrogen-bond donors (Lipinski definition) is 0. The highest BCUT2D eigenvalue weighted by molar-refractivity contribution is 9.10. The zero-order chi connectivity index (χ0) is 10.8. The summed E-state index contributed by atoms with van der Waals surface area (Å²) in [6.07, 6.45) is 0.00153. The molecule has 0 unspecified atom stereocenters. The summed E-state index contributed by atoms with van der Waals surface area (Å²) in [7, 11) is 0. The summed E-state index contributed by atoms with van der Waals surface area (Å²) in [6, 6.07) is 5.72. The first-order valence-electron chi connectivity index (χ1n) is 4.95. The van der Waals surface area contributed by atoms with Crippen molar-refractivity contribution in [3.8, 4) is 0 Å². The Bertz CT molecular complexity index is 358. The first-order valence-corrected chi connectivity index (χ1v) is 6.12. The Hall–Kier alpha value is -0.120. The maximum absolute atomic E-state index is 13.0. The second kappa shape index (κ2) is 4.81. The van der Waals surface area contributed by atoms with Gasteiger partial charge in [-0.1, -0.05) is 33.6 Å². The van der Waals surface area contributed by atoms with Crippen LogP contribution >= 0.6 is 27.5 Å². The van der Waals surface area contributed by atoms with E-state index < -0.39 is 6.17 Å². The Morgan fingerprint density at radius 2 is 2.33 bits per heavy atom. The largest absolute Gasteiger partial charge is 0.296 e. The van der Waals surface area contributed by atoms with E-state index in [0.717, 1.165) is 28.1 Å². The molecule has 1 fully saturated rings. The minimum Gasteiger partial charge on any atom is -0.296 e. The summed E-state index contributed by atoms with van der Waals surface area (Å²) in [4.78, 5) is 2.12. The minimum atomic E-state index is -0.656. The number of nitrogens with zero attached hydrogens (tertiary/aromatic N) is 1. The number of alkyl halides is 1. The number of benzene rings is 1. The maximum atomic E-state index is 13.0. The molecule has 82 valence electrons. The molecule has 0 bridgehead atoms. The van der Waals surface area contributed by atoms with Gasteiger partial charge < -0.3 is 0 Å². The van der Waals surface area contributed by atoms with Gasteiger partial charge in [0.25, 0.3) is 0 Å². The van der Waals surface area contributed by atoms with E-state index in [2.05, 4.69) is 20.8 Å². The number of rotatable bonds is 2. The lowest BCUT2D eigenvalue weighted by molar-refractivity contribution is 0.282. The SMILES string of the molecule is F[C@H]1CCN(Cc2ccc(Cl)cc2Br)C1. The van der Waals surface area contributed by atoms with Crippen molar-refractivity contribution in [3.05, 3.63) is 33.3 Å². The van der Waals surface area contributed by atoms with Crippen molar-refractivity contribution in [2.45, 2.75) is 19.1 Å². The molecule has 15 heavy (non-hydrogen) atoms. The quantitative estimate of drug-likeness (QED) is 0.804. The molecule has 0 saturated carbocycles. The third-order valence-electron chi connectivity index (χ3n) is 2.62. The third kappa shape index (κ3) is 2.92. The molecule has 0 spiro atoms. The minimum absolute atomic E-state index is 0.551. The van der Waals surface area contributed by atoms with Crippen molar-refractivity contribution in [3.63, 3.8) is 0 Å². The van der Waals surface area contributed by atoms with Crippen LogP contribution in [0.3, 0.4) is 0 Å². The first-order chi connectivity index (χ1) is 7.15. The van der Waals surface area contributed by atoms with Crippen molar-refractivity contribution < 1.29 is 4.39 Å². The van der Waals surface area contributed by atoms with Crippen molar-refractivity contribution >= 4 is 27.5 Å². The first kappa shape index (κ1) is 11.4. The van der Waals surface area contributed by atoms with Crippen LogP contribution in [0, 0.1) is 0 Å². The molecule has 0 aliphatic carbocycles. The molecule has 1 nitrogen and oxygen atoms in total. The number of halogens is 3. The van der Waals surface area contributed by atoms with Crippen LogP contribution in [0.2, 0.25) is 5.02 Å². The lowest BCUT2D eigenvalue weighted by Gasteiger charge is -2.15. The molecule has 0 radical (unpaired) electrons. The van der Waals surface area contributed by atoms with Crippen LogP contribution in [0.25, 0.3) is 0 Å². The van der Waals surface area contributed by atoms with E-state index in [4.69, 9.17) is 11.6 Å². The van der Waals surface area contributed by atoms with Crippen molar-refractivity contribution in [2.75, 3.05) is 13.1 Å². The highest BCUT2D eigenvalue weighted by Crippen LogP contribution is 2.24. The lowest BCUT2D eigenvalue weighted by atomic mass is 10.2. The Morgan fingerprint density at radius 1 is 1.53 bits per heavy atom. The molecule has 1 aromatic rings. The zero-order valence-electron chi connectivity index (χ0n) is 8.22. The van der Waals surface area contributed by atoms with Gasteiger partial charge in [-0.15, -0.1) is 0 Å². The second-order valence-corrected chi connectivity index (χ2v) is 5.15. The monoisotopic (exact) mass is 291 g/mol. The molecule has 1 heterocycles. The average Bonchev–Trinajstić information content (AvgIpc) is 2.56. The van der Waals surface area contributed by atoms with E-state index in [-0.39, 0.29) is 0 Å². The van der Waals surface area contributed by atoms with Gasteiger partial charge in [-0.2, -0.15) is 0 Å². The van der Waals surface area contributed by atoms with E-state index >= 15 is 0 Å². The smallest absolute Gasteiger partial charge is 0.114 e. The van der Waals surface area contributed by atoms with Gasteiger partial charge in [0.1, 0.15) is 6.17 Å². The normalized spacial score (nSPS) is 22.2. The average molecular weight is 293 g/mol. The highest BCUT2D eigenvalue weighted by Gasteiger charge is 2.21. The van der Waals surface area contributed by atoms with Gasteiger partial charge >= 0.3 is 0 Å². The Kier molecular flexibility index (Phi) is 3.65. The Balaban J connectivity index is 2.04. The van der Waals surface area contributed by atoms with E-state index in [9.17, 15) is 4.39 Å². The Labute approximate surface area is 102 Å². The van der Waals surface area contributed by atoms with Crippen LogP contribution in [0.5, 0.6) is 0 Å². The molecule has 1 aromatic carbocycles. The Morgan fingerprint density at radius 3 is 2.93 bits per heavy atom. The van der Waals surface area contributed by atoms with Crippen LogP contribution in [-0.2, 0) is 6.54 Å². The van der Waals surface area contributed by atoms with Gasteiger partial charge in [0, 0.05) is 29.1 Å².